The summed E-state index contributed by atoms with van der Waals surface area (Å²) in [6.45, 7) is 6.32. The molecule has 0 radical (unpaired) electrons. The minimum atomic E-state index is -0.161. The predicted molar refractivity (Wildman–Crippen MR) is 91.0 cm³/mol. The molecular weight excluding hydrogens is 290 g/mol. The van der Waals surface area contributed by atoms with Gasteiger partial charge in [-0.2, -0.15) is 0 Å². The van der Waals surface area contributed by atoms with Crippen LogP contribution in [0.1, 0.15) is 18.1 Å². The normalized spacial score (nSPS) is 11.6. The fourth-order valence-corrected chi connectivity index (χ4v) is 2.07. The van der Waals surface area contributed by atoms with E-state index in [1.807, 2.05) is 69.3 Å². The number of para-hydroxylation sites is 1. The van der Waals surface area contributed by atoms with Crippen molar-refractivity contribution >= 4 is 5.91 Å². The first-order valence-electron chi connectivity index (χ1n) is 7.72. The first-order valence-corrected chi connectivity index (χ1v) is 7.72. The van der Waals surface area contributed by atoms with E-state index < -0.39 is 0 Å². The van der Waals surface area contributed by atoms with E-state index in [9.17, 15) is 4.79 Å². The highest BCUT2D eigenvalue weighted by Gasteiger charge is 2.09. The average molecular weight is 313 g/mol. The first-order chi connectivity index (χ1) is 11.0. The van der Waals surface area contributed by atoms with E-state index in [1.54, 1.807) is 0 Å². The van der Waals surface area contributed by atoms with Crippen molar-refractivity contribution in [3.8, 4) is 11.5 Å². The van der Waals surface area contributed by atoms with Gasteiger partial charge in [-0.1, -0.05) is 35.9 Å². The van der Waals surface area contributed by atoms with Gasteiger partial charge in [0.1, 0.15) is 18.1 Å². The lowest BCUT2D eigenvalue weighted by Gasteiger charge is -2.16. The Morgan fingerprint density at radius 2 is 1.74 bits per heavy atom. The van der Waals surface area contributed by atoms with Crippen LogP contribution in [0.3, 0.4) is 0 Å². The highest BCUT2D eigenvalue weighted by molar-refractivity contribution is 5.77. The summed E-state index contributed by atoms with van der Waals surface area (Å²) < 4.78 is 11.2. The molecule has 2 aromatic rings. The van der Waals surface area contributed by atoms with Crippen molar-refractivity contribution in [2.45, 2.75) is 26.8 Å². The number of ether oxygens (including phenoxy) is 2. The van der Waals surface area contributed by atoms with Crippen LogP contribution in [0.25, 0.3) is 0 Å². The van der Waals surface area contributed by atoms with Gasteiger partial charge in [0.05, 0.1) is 6.04 Å². The monoisotopic (exact) mass is 313 g/mol. The van der Waals surface area contributed by atoms with Crippen LogP contribution in [-0.4, -0.2) is 25.2 Å². The van der Waals surface area contributed by atoms with Crippen LogP contribution in [0, 0.1) is 13.8 Å². The summed E-state index contributed by atoms with van der Waals surface area (Å²) in [5.41, 5.74) is 2.23. The summed E-state index contributed by atoms with van der Waals surface area (Å²) >= 11 is 0. The number of rotatable bonds is 7. The van der Waals surface area contributed by atoms with Gasteiger partial charge in [0.15, 0.2) is 6.61 Å². The van der Waals surface area contributed by atoms with Crippen molar-refractivity contribution < 1.29 is 14.3 Å². The summed E-state index contributed by atoms with van der Waals surface area (Å²) in [5.74, 6) is 1.37. The van der Waals surface area contributed by atoms with Crippen molar-refractivity contribution in [1.29, 1.82) is 0 Å². The number of hydrogen-bond donors (Lipinski definition) is 1. The first kappa shape index (κ1) is 16.9. The fourth-order valence-electron chi connectivity index (χ4n) is 2.07. The third-order valence-corrected chi connectivity index (χ3v) is 3.38. The summed E-state index contributed by atoms with van der Waals surface area (Å²) in [6, 6.07) is 15.3. The number of amides is 1. The predicted octanol–water partition coefficient (Wildman–Crippen LogP) is 3.27. The van der Waals surface area contributed by atoms with Crippen LogP contribution in [0.15, 0.2) is 48.5 Å². The molecule has 1 amide bonds. The maximum Gasteiger partial charge on any atom is 0.258 e. The lowest BCUT2D eigenvalue weighted by molar-refractivity contribution is -0.123. The molecule has 1 N–H and O–H groups in total. The molecule has 0 aromatic heterocycles. The molecule has 0 aliphatic heterocycles. The Hall–Kier alpha value is -2.49. The van der Waals surface area contributed by atoms with Crippen LogP contribution in [-0.2, 0) is 4.79 Å². The van der Waals surface area contributed by atoms with Gasteiger partial charge < -0.3 is 14.8 Å². The van der Waals surface area contributed by atoms with E-state index in [1.165, 1.54) is 0 Å². The molecule has 0 heterocycles. The van der Waals surface area contributed by atoms with Crippen LogP contribution in [0.2, 0.25) is 0 Å². The zero-order chi connectivity index (χ0) is 16.7. The number of carbonyl (C=O) groups excluding carboxylic acids is 1. The van der Waals surface area contributed by atoms with Gasteiger partial charge >= 0.3 is 0 Å². The van der Waals surface area contributed by atoms with Crippen LogP contribution in [0.5, 0.6) is 11.5 Å². The van der Waals surface area contributed by atoms with Gasteiger partial charge in [-0.3, -0.25) is 4.79 Å². The molecular formula is C19H23NO3. The molecule has 4 nitrogen and oxygen atoms in total. The minimum Gasteiger partial charge on any atom is -0.491 e. The third-order valence-electron chi connectivity index (χ3n) is 3.38. The van der Waals surface area contributed by atoms with Gasteiger partial charge in [0.2, 0.25) is 0 Å². The largest absolute Gasteiger partial charge is 0.491 e. The molecule has 1 atom stereocenters. The van der Waals surface area contributed by atoms with E-state index in [-0.39, 0.29) is 18.6 Å². The van der Waals surface area contributed by atoms with Crippen molar-refractivity contribution in [3.05, 3.63) is 59.7 Å². The summed E-state index contributed by atoms with van der Waals surface area (Å²) in [5, 5.41) is 2.86. The molecule has 0 unspecified atom stereocenters. The molecule has 23 heavy (non-hydrogen) atoms. The molecule has 0 fully saturated rings. The van der Waals surface area contributed by atoms with E-state index >= 15 is 0 Å². The lowest BCUT2D eigenvalue weighted by atomic mass is 10.2. The Kier molecular flexibility index (Phi) is 6.03. The summed E-state index contributed by atoms with van der Waals surface area (Å²) in [6.07, 6.45) is 0. The third kappa shape index (κ3) is 5.66. The zero-order valence-corrected chi connectivity index (χ0v) is 13.8. The van der Waals surface area contributed by atoms with Crippen molar-refractivity contribution in [3.63, 3.8) is 0 Å². The number of aryl methyl sites for hydroxylation is 2. The highest BCUT2D eigenvalue weighted by Crippen LogP contribution is 2.16. The Morgan fingerprint density at radius 1 is 1.04 bits per heavy atom. The molecule has 0 aliphatic carbocycles. The van der Waals surface area contributed by atoms with Crippen molar-refractivity contribution in [2.24, 2.45) is 0 Å². The second-order valence-corrected chi connectivity index (χ2v) is 5.65. The Bertz CT molecular complexity index is 637. The molecule has 122 valence electrons. The smallest absolute Gasteiger partial charge is 0.258 e. The van der Waals surface area contributed by atoms with Gasteiger partial charge in [-0.05, 0) is 44.5 Å². The van der Waals surface area contributed by atoms with Gasteiger partial charge in [0.25, 0.3) is 5.91 Å². The highest BCUT2D eigenvalue weighted by atomic mass is 16.5. The second-order valence-electron chi connectivity index (χ2n) is 5.65. The Balaban J connectivity index is 1.72. The topological polar surface area (TPSA) is 47.6 Å². The van der Waals surface area contributed by atoms with Crippen LogP contribution >= 0.6 is 0 Å². The standard InChI is InChI=1S/C19H23NO3/c1-14-8-10-17(11-9-14)22-13-19(21)20-16(3)12-23-18-7-5-4-6-15(18)2/h4-11,16H,12-13H2,1-3H3,(H,20,21)/t16-/m1/s1. The van der Waals surface area contributed by atoms with Gasteiger partial charge in [0, 0.05) is 0 Å². The molecule has 0 spiro atoms. The SMILES string of the molecule is Cc1ccc(OCC(=O)N[C@H](C)COc2ccccc2C)cc1. The molecule has 0 saturated carbocycles. The van der Waals surface area contributed by atoms with Crippen LogP contribution in [0.4, 0.5) is 0 Å². The zero-order valence-electron chi connectivity index (χ0n) is 13.8. The van der Waals surface area contributed by atoms with Gasteiger partial charge in [-0.15, -0.1) is 0 Å². The molecule has 0 saturated heterocycles. The lowest BCUT2D eigenvalue weighted by Crippen LogP contribution is -2.39. The molecule has 2 rings (SSSR count). The van der Waals surface area contributed by atoms with E-state index in [0.29, 0.717) is 12.4 Å². The van der Waals surface area contributed by atoms with E-state index in [2.05, 4.69) is 5.32 Å². The maximum atomic E-state index is 11.9. The molecule has 0 bridgehead atoms. The van der Waals surface area contributed by atoms with E-state index in [0.717, 1.165) is 16.9 Å². The summed E-state index contributed by atoms with van der Waals surface area (Å²) in [4.78, 5) is 11.9. The van der Waals surface area contributed by atoms with E-state index in [4.69, 9.17) is 9.47 Å². The second kappa shape index (κ2) is 8.22. The Labute approximate surface area is 137 Å². The molecule has 0 aliphatic rings. The van der Waals surface area contributed by atoms with Crippen LogP contribution < -0.4 is 14.8 Å². The number of nitrogens with one attached hydrogen (secondary N) is 1. The molecule has 4 heteroatoms. The fraction of sp³-hybridized carbons (Fsp3) is 0.316. The van der Waals surface area contributed by atoms with Crippen molar-refractivity contribution in [2.75, 3.05) is 13.2 Å². The maximum absolute atomic E-state index is 11.9. The number of hydrogen-bond acceptors (Lipinski definition) is 3. The Morgan fingerprint density at radius 3 is 2.43 bits per heavy atom. The quantitative estimate of drug-likeness (QED) is 0.853. The van der Waals surface area contributed by atoms with Crippen molar-refractivity contribution in [1.82, 2.24) is 5.32 Å². The molecule has 2 aromatic carbocycles. The van der Waals surface area contributed by atoms with Gasteiger partial charge in [-0.25, -0.2) is 0 Å². The number of carbonyl (C=O) groups is 1. The summed E-state index contributed by atoms with van der Waals surface area (Å²) in [7, 11) is 0. The number of benzene rings is 2. The average Bonchev–Trinajstić information content (AvgIpc) is 2.53. The minimum absolute atomic E-state index is 0.00222.